The first-order chi connectivity index (χ1) is 10.1. The Morgan fingerprint density at radius 3 is 2.55 bits per heavy atom. The summed E-state index contributed by atoms with van der Waals surface area (Å²) in [6, 6.07) is 0. The molecule has 0 spiro atoms. The number of aliphatic carboxylic acids is 1. The summed E-state index contributed by atoms with van der Waals surface area (Å²) >= 11 is 1.24. The number of carboxylic acids is 1. The summed E-state index contributed by atoms with van der Waals surface area (Å²) in [6.07, 6.45) is 3.49. The highest BCUT2D eigenvalue weighted by molar-refractivity contribution is 7.17. The van der Waals surface area contributed by atoms with Gasteiger partial charge in [-0.1, -0.05) is 0 Å². The molecule has 0 saturated heterocycles. The summed E-state index contributed by atoms with van der Waals surface area (Å²) < 4.78 is 1.66. The van der Waals surface area contributed by atoms with Crippen molar-refractivity contribution in [3.05, 3.63) is 23.0 Å². The van der Waals surface area contributed by atoms with E-state index in [1.54, 1.807) is 24.9 Å². The number of likely N-dealkylation sites (N-methyl/N-ethyl adjacent to an activating group) is 1. The Hall–Kier alpha value is -2.22. The molecule has 0 aliphatic carbocycles. The molecule has 22 heavy (non-hydrogen) atoms. The lowest BCUT2D eigenvalue weighted by Crippen LogP contribution is -2.50. The highest BCUT2D eigenvalue weighted by Crippen LogP contribution is 2.29. The van der Waals surface area contributed by atoms with Crippen molar-refractivity contribution in [1.29, 1.82) is 0 Å². The number of carbonyl (C=O) groups is 2. The smallest absolute Gasteiger partial charge is 0.329 e. The van der Waals surface area contributed by atoms with Crippen LogP contribution in [-0.2, 0) is 11.8 Å². The number of hydrogen-bond donors (Lipinski definition) is 1. The second kappa shape index (κ2) is 5.53. The minimum Gasteiger partial charge on any atom is -0.480 e. The monoisotopic (exact) mass is 322 g/mol. The summed E-state index contributed by atoms with van der Waals surface area (Å²) in [7, 11) is 3.29. The Bertz CT molecular complexity index is 732. The molecular formula is C14H18N4O3S. The number of amides is 1. The van der Waals surface area contributed by atoms with Crippen molar-refractivity contribution in [2.24, 2.45) is 7.05 Å². The molecule has 0 radical (unpaired) electrons. The molecule has 0 unspecified atom stereocenters. The van der Waals surface area contributed by atoms with Crippen molar-refractivity contribution in [2.75, 3.05) is 7.05 Å². The van der Waals surface area contributed by atoms with Gasteiger partial charge in [0.25, 0.3) is 5.91 Å². The van der Waals surface area contributed by atoms with Gasteiger partial charge in [-0.25, -0.2) is 9.78 Å². The Balaban J connectivity index is 2.35. The van der Waals surface area contributed by atoms with Crippen molar-refractivity contribution in [1.82, 2.24) is 19.7 Å². The molecule has 2 aromatic rings. The lowest BCUT2D eigenvalue weighted by Gasteiger charge is -2.31. The maximum atomic E-state index is 12.6. The van der Waals surface area contributed by atoms with Crippen LogP contribution in [0.25, 0.3) is 10.6 Å². The number of aryl methyl sites for hydroxylation is 2. The second-order valence-electron chi connectivity index (χ2n) is 5.56. The Labute approximate surface area is 132 Å². The molecular weight excluding hydrogens is 304 g/mol. The first-order valence-corrected chi connectivity index (χ1v) is 7.44. The summed E-state index contributed by atoms with van der Waals surface area (Å²) in [5.74, 6) is -1.41. The molecule has 0 saturated carbocycles. The Morgan fingerprint density at radius 1 is 1.41 bits per heavy atom. The zero-order chi connectivity index (χ0) is 16.7. The molecule has 0 aliphatic rings. The van der Waals surface area contributed by atoms with Crippen LogP contribution < -0.4 is 0 Å². The highest BCUT2D eigenvalue weighted by Gasteiger charge is 2.36. The molecule has 118 valence electrons. The van der Waals surface area contributed by atoms with Gasteiger partial charge in [0.05, 0.1) is 11.9 Å². The zero-order valence-electron chi connectivity index (χ0n) is 13.1. The van der Waals surface area contributed by atoms with Gasteiger partial charge in [-0.15, -0.1) is 11.3 Å². The van der Waals surface area contributed by atoms with Crippen LogP contribution in [0.5, 0.6) is 0 Å². The number of rotatable bonds is 4. The van der Waals surface area contributed by atoms with Gasteiger partial charge < -0.3 is 10.0 Å². The largest absolute Gasteiger partial charge is 0.480 e. The van der Waals surface area contributed by atoms with Gasteiger partial charge in [0.2, 0.25) is 0 Å². The van der Waals surface area contributed by atoms with E-state index in [4.69, 9.17) is 0 Å². The summed E-state index contributed by atoms with van der Waals surface area (Å²) in [6.45, 7) is 4.72. The molecule has 0 fully saturated rings. The zero-order valence-corrected chi connectivity index (χ0v) is 13.9. The van der Waals surface area contributed by atoms with Crippen molar-refractivity contribution in [3.63, 3.8) is 0 Å². The van der Waals surface area contributed by atoms with Gasteiger partial charge in [0, 0.05) is 25.9 Å². The highest BCUT2D eigenvalue weighted by atomic mass is 32.1. The number of nitrogens with zero attached hydrogens (tertiary/aromatic N) is 4. The molecule has 2 heterocycles. The van der Waals surface area contributed by atoms with E-state index in [0.29, 0.717) is 15.6 Å². The third-order valence-electron chi connectivity index (χ3n) is 3.61. The average molecular weight is 322 g/mol. The maximum absolute atomic E-state index is 12.6. The lowest BCUT2D eigenvalue weighted by atomic mass is 10.0. The minimum absolute atomic E-state index is 0.349. The normalized spacial score (nSPS) is 11.5. The molecule has 1 N–H and O–H groups in total. The Morgan fingerprint density at radius 2 is 2.05 bits per heavy atom. The number of carboxylic acid groups (broad SMARTS) is 1. The first-order valence-electron chi connectivity index (χ1n) is 6.62. The molecule has 2 rings (SSSR count). The molecule has 1 amide bonds. The number of aromatic nitrogens is 3. The van der Waals surface area contributed by atoms with Crippen LogP contribution in [0.4, 0.5) is 0 Å². The van der Waals surface area contributed by atoms with Crippen molar-refractivity contribution in [3.8, 4) is 10.6 Å². The van der Waals surface area contributed by atoms with Crippen molar-refractivity contribution in [2.45, 2.75) is 26.3 Å². The standard InChI is InChI=1S/C14H18N4O3S/c1-8-10(12(19)18(5)14(2,3)13(20)21)22-11(16-8)9-6-15-17(4)7-9/h6-7H,1-5H3,(H,20,21). The topological polar surface area (TPSA) is 88.3 Å². The Kier molecular flexibility index (Phi) is 4.06. The fourth-order valence-corrected chi connectivity index (χ4v) is 2.82. The van der Waals surface area contributed by atoms with Gasteiger partial charge in [-0.3, -0.25) is 9.48 Å². The molecule has 2 aromatic heterocycles. The van der Waals surface area contributed by atoms with E-state index in [-0.39, 0.29) is 5.91 Å². The van der Waals surface area contributed by atoms with Crippen molar-refractivity contribution >= 4 is 23.2 Å². The first kappa shape index (κ1) is 16.2. The van der Waals surface area contributed by atoms with Crippen LogP contribution in [0.3, 0.4) is 0 Å². The predicted octanol–water partition coefficient (Wildman–Crippen LogP) is 1.79. The van der Waals surface area contributed by atoms with E-state index >= 15 is 0 Å². The fourth-order valence-electron chi connectivity index (χ4n) is 1.80. The molecule has 8 heteroatoms. The molecule has 0 atom stereocenters. The van der Waals surface area contributed by atoms with Crippen LogP contribution in [0.15, 0.2) is 12.4 Å². The molecule has 0 aromatic carbocycles. The van der Waals surface area contributed by atoms with E-state index in [1.165, 1.54) is 37.1 Å². The third kappa shape index (κ3) is 2.74. The van der Waals surface area contributed by atoms with Gasteiger partial charge in [-0.05, 0) is 20.8 Å². The number of thiazole rings is 1. The van der Waals surface area contributed by atoms with E-state index in [2.05, 4.69) is 10.1 Å². The van der Waals surface area contributed by atoms with Gasteiger partial charge in [0.1, 0.15) is 15.4 Å². The predicted molar refractivity (Wildman–Crippen MR) is 82.9 cm³/mol. The SMILES string of the molecule is Cc1nc(-c2cnn(C)c2)sc1C(=O)N(C)C(C)(C)C(=O)O. The van der Waals surface area contributed by atoms with Crippen LogP contribution >= 0.6 is 11.3 Å². The van der Waals surface area contributed by atoms with E-state index in [0.717, 1.165) is 5.56 Å². The maximum Gasteiger partial charge on any atom is 0.329 e. The van der Waals surface area contributed by atoms with Crippen LogP contribution in [0.2, 0.25) is 0 Å². The average Bonchev–Trinajstić information content (AvgIpc) is 3.03. The number of carbonyl (C=O) groups excluding carboxylic acids is 1. The van der Waals surface area contributed by atoms with E-state index < -0.39 is 11.5 Å². The lowest BCUT2D eigenvalue weighted by molar-refractivity contribution is -0.147. The molecule has 0 aliphatic heterocycles. The molecule has 0 bridgehead atoms. The summed E-state index contributed by atoms with van der Waals surface area (Å²) in [5.41, 5.74) is 0.124. The molecule has 7 nitrogen and oxygen atoms in total. The van der Waals surface area contributed by atoms with E-state index in [1.807, 2.05) is 6.20 Å². The van der Waals surface area contributed by atoms with Gasteiger partial charge in [0.15, 0.2) is 0 Å². The summed E-state index contributed by atoms with van der Waals surface area (Å²) in [5, 5.41) is 14.0. The van der Waals surface area contributed by atoms with Gasteiger partial charge >= 0.3 is 5.97 Å². The minimum atomic E-state index is -1.29. The third-order valence-corrected chi connectivity index (χ3v) is 4.80. The fraction of sp³-hybridized carbons (Fsp3) is 0.429. The second-order valence-corrected chi connectivity index (χ2v) is 6.56. The van der Waals surface area contributed by atoms with Crippen molar-refractivity contribution < 1.29 is 14.7 Å². The van der Waals surface area contributed by atoms with E-state index in [9.17, 15) is 14.7 Å². The number of hydrogen-bond acceptors (Lipinski definition) is 5. The van der Waals surface area contributed by atoms with Crippen LogP contribution in [0, 0.1) is 6.92 Å². The van der Waals surface area contributed by atoms with Gasteiger partial charge in [-0.2, -0.15) is 5.10 Å². The van der Waals surface area contributed by atoms with Crippen LogP contribution in [0.1, 0.15) is 29.2 Å². The quantitative estimate of drug-likeness (QED) is 0.927. The van der Waals surface area contributed by atoms with Crippen LogP contribution in [-0.4, -0.2) is 49.2 Å². The summed E-state index contributed by atoms with van der Waals surface area (Å²) in [4.78, 5) is 29.9.